The number of hydrogen-bond donors (Lipinski definition) is 0. The Morgan fingerprint density at radius 3 is 2.73 bits per heavy atom. The van der Waals surface area contributed by atoms with E-state index in [1.807, 2.05) is 44.2 Å². The summed E-state index contributed by atoms with van der Waals surface area (Å²) in [5, 5.41) is 0. The van der Waals surface area contributed by atoms with Crippen LogP contribution in [0.25, 0.3) is 0 Å². The van der Waals surface area contributed by atoms with Gasteiger partial charge in [0.05, 0.1) is 5.54 Å². The quantitative estimate of drug-likeness (QED) is 0.418. The van der Waals surface area contributed by atoms with Crippen LogP contribution in [-0.4, -0.2) is 6.08 Å². The minimum absolute atomic E-state index is 0.513. The van der Waals surface area contributed by atoms with Gasteiger partial charge in [-0.25, -0.2) is 4.79 Å². The monoisotopic (exact) mass is 201 g/mol. The van der Waals surface area contributed by atoms with E-state index in [-0.39, 0.29) is 0 Å². The van der Waals surface area contributed by atoms with Crippen molar-refractivity contribution in [3.05, 3.63) is 48.0 Å². The Balaban J connectivity index is 3.22. The highest BCUT2D eigenvalue weighted by Gasteiger charge is 2.21. The van der Waals surface area contributed by atoms with E-state index in [0.717, 1.165) is 17.5 Å². The van der Waals surface area contributed by atoms with Gasteiger partial charge in [-0.15, -0.1) is 6.58 Å². The fourth-order valence-electron chi connectivity index (χ4n) is 1.62. The molecule has 78 valence electrons. The largest absolute Gasteiger partial charge is 0.235 e. The molecule has 0 aliphatic carbocycles. The Bertz CT molecular complexity index is 401. The molecule has 0 unspecified atom stereocenters. The standard InChI is InChI=1S/C13H15NO/c1-4-7-11-8-5-6-9-12(11)13(2,3)14-10-15/h4-6,8-9H,1,7H2,2-3H3. The first-order valence-corrected chi connectivity index (χ1v) is 4.90. The van der Waals surface area contributed by atoms with Crippen LogP contribution in [0, 0.1) is 0 Å². The van der Waals surface area contributed by atoms with Crippen LogP contribution in [0.5, 0.6) is 0 Å². The van der Waals surface area contributed by atoms with E-state index in [4.69, 9.17) is 0 Å². The molecule has 2 nitrogen and oxygen atoms in total. The molecule has 0 saturated carbocycles. The molecule has 0 atom stereocenters. The van der Waals surface area contributed by atoms with Crippen molar-refractivity contribution < 1.29 is 4.79 Å². The number of nitrogens with zero attached hydrogens (tertiary/aromatic N) is 1. The molecule has 0 spiro atoms. The summed E-state index contributed by atoms with van der Waals surface area (Å²) in [4.78, 5) is 14.2. The third-order valence-electron chi connectivity index (χ3n) is 2.37. The van der Waals surface area contributed by atoms with E-state index in [1.165, 1.54) is 0 Å². The van der Waals surface area contributed by atoms with Crippen molar-refractivity contribution in [1.29, 1.82) is 0 Å². The molecule has 0 bridgehead atoms. The van der Waals surface area contributed by atoms with Crippen LogP contribution in [-0.2, 0) is 16.8 Å². The lowest BCUT2D eigenvalue weighted by Crippen LogP contribution is -2.15. The van der Waals surface area contributed by atoms with Crippen LogP contribution < -0.4 is 0 Å². The van der Waals surface area contributed by atoms with E-state index < -0.39 is 5.54 Å². The molecule has 0 aliphatic rings. The molecule has 1 aromatic rings. The molecule has 0 aromatic heterocycles. The third-order valence-corrected chi connectivity index (χ3v) is 2.37. The zero-order valence-electron chi connectivity index (χ0n) is 9.16. The summed E-state index contributed by atoms with van der Waals surface area (Å²) in [6.07, 6.45) is 4.26. The molecule has 0 radical (unpaired) electrons. The molecule has 1 aromatic carbocycles. The molecule has 1 rings (SSSR count). The Hall–Kier alpha value is -1.66. The van der Waals surface area contributed by atoms with Crippen molar-refractivity contribution in [3.8, 4) is 0 Å². The van der Waals surface area contributed by atoms with Crippen molar-refractivity contribution in [2.24, 2.45) is 4.99 Å². The second-order valence-electron chi connectivity index (χ2n) is 3.91. The number of hydrogen-bond acceptors (Lipinski definition) is 2. The van der Waals surface area contributed by atoms with Gasteiger partial charge in [0.25, 0.3) is 0 Å². The maximum atomic E-state index is 10.4. The van der Waals surface area contributed by atoms with Crippen molar-refractivity contribution >= 4 is 6.08 Å². The van der Waals surface area contributed by atoms with E-state index in [0.29, 0.717) is 0 Å². The molecule has 0 amide bonds. The second kappa shape index (κ2) is 4.72. The first-order chi connectivity index (χ1) is 7.11. The van der Waals surface area contributed by atoms with Crippen LogP contribution in [0.4, 0.5) is 0 Å². The Kier molecular flexibility index (Phi) is 3.59. The van der Waals surface area contributed by atoms with Gasteiger partial charge in [-0.3, -0.25) is 0 Å². The summed E-state index contributed by atoms with van der Waals surface area (Å²) >= 11 is 0. The summed E-state index contributed by atoms with van der Waals surface area (Å²) < 4.78 is 0. The summed E-state index contributed by atoms with van der Waals surface area (Å²) in [6.45, 7) is 7.52. The third kappa shape index (κ3) is 2.64. The topological polar surface area (TPSA) is 29.4 Å². The zero-order valence-corrected chi connectivity index (χ0v) is 9.16. The van der Waals surface area contributed by atoms with Crippen LogP contribution in [0.15, 0.2) is 41.9 Å². The molecule has 15 heavy (non-hydrogen) atoms. The van der Waals surface area contributed by atoms with Crippen LogP contribution in [0.3, 0.4) is 0 Å². The summed E-state index contributed by atoms with van der Waals surface area (Å²) in [6, 6.07) is 7.94. The van der Waals surface area contributed by atoms with Gasteiger partial charge in [0.1, 0.15) is 0 Å². The van der Waals surface area contributed by atoms with E-state index in [2.05, 4.69) is 11.6 Å². The minimum atomic E-state index is -0.513. The van der Waals surface area contributed by atoms with Gasteiger partial charge >= 0.3 is 0 Å². The lowest BCUT2D eigenvalue weighted by molar-refractivity contribution is 0.520. The maximum absolute atomic E-state index is 10.4. The molecule has 0 aliphatic heterocycles. The Morgan fingerprint density at radius 2 is 2.13 bits per heavy atom. The summed E-state index contributed by atoms with van der Waals surface area (Å²) in [5.41, 5.74) is 1.69. The van der Waals surface area contributed by atoms with Gasteiger partial charge in [0.15, 0.2) is 0 Å². The van der Waals surface area contributed by atoms with Gasteiger partial charge in [-0.2, -0.15) is 4.99 Å². The van der Waals surface area contributed by atoms with Crippen molar-refractivity contribution in [1.82, 2.24) is 0 Å². The number of allylic oxidation sites excluding steroid dienone is 1. The number of isocyanates is 1. The first kappa shape index (κ1) is 11.4. The lowest BCUT2D eigenvalue weighted by Gasteiger charge is -2.21. The average molecular weight is 201 g/mol. The molecule has 0 N–H and O–H groups in total. The number of rotatable bonds is 4. The van der Waals surface area contributed by atoms with Crippen LogP contribution >= 0.6 is 0 Å². The Labute approximate surface area is 90.4 Å². The fourth-order valence-corrected chi connectivity index (χ4v) is 1.62. The van der Waals surface area contributed by atoms with Crippen LogP contribution in [0.2, 0.25) is 0 Å². The molecule has 0 fully saturated rings. The summed E-state index contributed by atoms with van der Waals surface area (Å²) in [7, 11) is 0. The number of benzene rings is 1. The molecular formula is C13H15NO. The molecule has 0 heterocycles. The molecule has 0 saturated heterocycles. The van der Waals surface area contributed by atoms with E-state index in [9.17, 15) is 4.79 Å². The average Bonchev–Trinajstić information content (AvgIpc) is 2.19. The predicted octanol–water partition coefficient (Wildman–Crippen LogP) is 2.99. The van der Waals surface area contributed by atoms with E-state index >= 15 is 0 Å². The van der Waals surface area contributed by atoms with Crippen molar-refractivity contribution in [3.63, 3.8) is 0 Å². The van der Waals surface area contributed by atoms with Gasteiger partial charge in [0.2, 0.25) is 6.08 Å². The highest BCUT2D eigenvalue weighted by Crippen LogP contribution is 2.27. The molecule has 2 heteroatoms. The SMILES string of the molecule is C=CCc1ccccc1C(C)(C)N=C=O. The van der Waals surface area contributed by atoms with Crippen molar-refractivity contribution in [2.45, 2.75) is 25.8 Å². The van der Waals surface area contributed by atoms with Crippen molar-refractivity contribution in [2.75, 3.05) is 0 Å². The van der Waals surface area contributed by atoms with Gasteiger partial charge in [-0.1, -0.05) is 30.3 Å². The van der Waals surface area contributed by atoms with E-state index in [1.54, 1.807) is 6.08 Å². The minimum Gasteiger partial charge on any atom is -0.211 e. The number of carbonyl (C=O) groups excluding carboxylic acids is 1. The predicted molar refractivity (Wildman–Crippen MR) is 61.5 cm³/mol. The van der Waals surface area contributed by atoms with Crippen LogP contribution in [0.1, 0.15) is 25.0 Å². The molecular weight excluding hydrogens is 186 g/mol. The number of aliphatic imine (C=N–C) groups is 1. The highest BCUT2D eigenvalue weighted by atomic mass is 16.1. The normalized spacial score (nSPS) is 10.5. The first-order valence-electron chi connectivity index (χ1n) is 4.90. The van der Waals surface area contributed by atoms with Gasteiger partial charge in [-0.05, 0) is 31.4 Å². The van der Waals surface area contributed by atoms with Gasteiger partial charge < -0.3 is 0 Å². The summed E-state index contributed by atoms with van der Waals surface area (Å²) in [5.74, 6) is 0. The fraction of sp³-hybridized carbons (Fsp3) is 0.308. The van der Waals surface area contributed by atoms with Gasteiger partial charge in [0, 0.05) is 0 Å². The zero-order chi connectivity index (χ0) is 11.3. The second-order valence-corrected chi connectivity index (χ2v) is 3.91. The maximum Gasteiger partial charge on any atom is 0.235 e. The highest BCUT2D eigenvalue weighted by molar-refractivity contribution is 5.40. The smallest absolute Gasteiger partial charge is 0.211 e. The lowest BCUT2D eigenvalue weighted by atomic mass is 9.89. The Morgan fingerprint density at radius 1 is 1.47 bits per heavy atom.